The molecule has 0 saturated heterocycles. The Hall–Kier alpha value is -1.19. The van der Waals surface area contributed by atoms with Crippen LogP contribution < -0.4 is 5.73 Å². The Morgan fingerprint density at radius 1 is 1.31 bits per heavy atom. The highest BCUT2D eigenvalue weighted by Gasteiger charge is 2.11. The normalized spacial score (nSPS) is 12.7. The predicted octanol–water partition coefficient (Wildman–Crippen LogP) is 3.00. The summed E-state index contributed by atoms with van der Waals surface area (Å²) in [5, 5.41) is 2.09. The van der Waals surface area contributed by atoms with Gasteiger partial charge in [-0.15, -0.1) is 11.3 Å². The fraction of sp³-hybridized carbons (Fsp3) is 0.308. The number of rotatable bonds is 3. The van der Waals surface area contributed by atoms with Gasteiger partial charge in [0.25, 0.3) is 0 Å². The molecule has 0 spiro atoms. The monoisotopic (exact) mass is 232 g/mol. The fourth-order valence-corrected chi connectivity index (χ4v) is 2.63. The van der Waals surface area contributed by atoms with Gasteiger partial charge in [-0.25, -0.2) is 0 Å². The Labute approximate surface area is 100 Å². The summed E-state index contributed by atoms with van der Waals surface area (Å²) in [4.78, 5) is 5.65. The van der Waals surface area contributed by atoms with Crippen molar-refractivity contribution in [2.24, 2.45) is 5.73 Å². The van der Waals surface area contributed by atoms with Crippen LogP contribution in [0.2, 0.25) is 0 Å². The van der Waals surface area contributed by atoms with E-state index in [0.29, 0.717) is 0 Å². The van der Waals surface area contributed by atoms with Crippen molar-refractivity contribution in [1.82, 2.24) is 4.98 Å². The van der Waals surface area contributed by atoms with Gasteiger partial charge in [-0.1, -0.05) is 6.07 Å². The van der Waals surface area contributed by atoms with Gasteiger partial charge in [0.05, 0.1) is 0 Å². The van der Waals surface area contributed by atoms with Gasteiger partial charge in [0, 0.05) is 29.2 Å². The molecule has 0 aromatic carbocycles. The summed E-state index contributed by atoms with van der Waals surface area (Å²) >= 11 is 1.73. The maximum Gasteiger partial charge on any atom is 0.0448 e. The molecule has 0 aliphatic heterocycles. The number of hydrogen-bond acceptors (Lipinski definition) is 3. The summed E-state index contributed by atoms with van der Waals surface area (Å²) in [6, 6.07) is 6.31. The first-order valence-electron chi connectivity index (χ1n) is 5.38. The van der Waals surface area contributed by atoms with Crippen molar-refractivity contribution in [2.75, 3.05) is 0 Å². The van der Waals surface area contributed by atoms with Crippen molar-refractivity contribution in [3.63, 3.8) is 0 Å². The molecule has 0 bridgehead atoms. The van der Waals surface area contributed by atoms with Crippen LogP contribution in [0.1, 0.15) is 27.7 Å². The van der Waals surface area contributed by atoms with Crippen LogP contribution in [0, 0.1) is 13.8 Å². The van der Waals surface area contributed by atoms with Gasteiger partial charge in [0.1, 0.15) is 0 Å². The van der Waals surface area contributed by atoms with Crippen LogP contribution in [0.25, 0.3) is 0 Å². The molecule has 0 saturated carbocycles. The number of aromatic nitrogens is 1. The van der Waals surface area contributed by atoms with E-state index >= 15 is 0 Å². The average molecular weight is 232 g/mol. The number of aryl methyl sites for hydroxylation is 2. The number of nitrogens with two attached hydrogens (primary N) is 1. The molecule has 1 atom stereocenters. The largest absolute Gasteiger partial charge is 0.323 e. The van der Waals surface area contributed by atoms with Gasteiger partial charge >= 0.3 is 0 Å². The summed E-state index contributed by atoms with van der Waals surface area (Å²) in [6.07, 6.45) is 2.70. The SMILES string of the molecule is Cc1ccc(CC(N)c2sccc2C)nc1. The predicted molar refractivity (Wildman–Crippen MR) is 68.7 cm³/mol. The highest BCUT2D eigenvalue weighted by Crippen LogP contribution is 2.24. The zero-order valence-corrected chi connectivity index (χ0v) is 10.4. The second-order valence-corrected chi connectivity index (χ2v) is 5.05. The quantitative estimate of drug-likeness (QED) is 0.883. The molecule has 0 fully saturated rings. The standard InChI is InChI=1S/C13H16N2S/c1-9-3-4-11(15-8-9)7-12(14)13-10(2)5-6-16-13/h3-6,8,12H,7,14H2,1-2H3. The minimum absolute atomic E-state index is 0.0650. The summed E-state index contributed by atoms with van der Waals surface area (Å²) < 4.78 is 0. The molecular weight excluding hydrogens is 216 g/mol. The third-order valence-electron chi connectivity index (χ3n) is 2.64. The molecule has 2 aromatic heterocycles. The first-order chi connectivity index (χ1) is 7.66. The van der Waals surface area contributed by atoms with E-state index in [0.717, 1.165) is 12.1 Å². The van der Waals surface area contributed by atoms with Crippen molar-refractivity contribution in [3.8, 4) is 0 Å². The molecule has 0 amide bonds. The smallest absolute Gasteiger partial charge is 0.0448 e. The topological polar surface area (TPSA) is 38.9 Å². The van der Waals surface area contributed by atoms with E-state index in [-0.39, 0.29) is 6.04 Å². The van der Waals surface area contributed by atoms with Gasteiger partial charge in [0.15, 0.2) is 0 Å². The third kappa shape index (κ3) is 2.49. The van der Waals surface area contributed by atoms with E-state index in [1.54, 1.807) is 11.3 Å². The fourth-order valence-electron chi connectivity index (χ4n) is 1.70. The molecule has 2 rings (SSSR count). The maximum atomic E-state index is 6.18. The molecule has 2 N–H and O–H groups in total. The second kappa shape index (κ2) is 4.76. The Balaban J connectivity index is 2.10. The van der Waals surface area contributed by atoms with Crippen molar-refractivity contribution in [3.05, 3.63) is 51.5 Å². The lowest BCUT2D eigenvalue weighted by molar-refractivity contribution is 0.715. The zero-order valence-electron chi connectivity index (χ0n) is 9.60. The molecule has 0 aliphatic carbocycles. The van der Waals surface area contributed by atoms with E-state index < -0.39 is 0 Å². The second-order valence-electron chi connectivity index (χ2n) is 4.11. The molecule has 2 nitrogen and oxygen atoms in total. The van der Waals surface area contributed by atoms with Crippen LogP contribution in [0.5, 0.6) is 0 Å². The minimum atomic E-state index is 0.0650. The highest BCUT2D eigenvalue weighted by atomic mass is 32.1. The van der Waals surface area contributed by atoms with Gasteiger partial charge < -0.3 is 5.73 Å². The van der Waals surface area contributed by atoms with Crippen molar-refractivity contribution in [1.29, 1.82) is 0 Å². The molecule has 1 unspecified atom stereocenters. The van der Waals surface area contributed by atoms with Crippen molar-refractivity contribution >= 4 is 11.3 Å². The van der Waals surface area contributed by atoms with Crippen LogP contribution >= 0.6 is 11.3 Å². The minimum Gasteiger partial charge on any atom is -0.323 e. The van der Waals surface area contributed by atoms with E-state index in [2.05, 4.69) is 35.5 Å². The molecule has 2 heterocycles. The molecule has 3 heteroatoms. The molecule has 16 heavy (non-hydrogen) atoms. The van der Waals surface area contributed by atoms with Crippen molar-refractivity contribution in [2.45, 2.75) is 26.3 Å². The zero-order chi connectivity index (χ0) is 11.5. The highest BCUT2D eigenvalue weighted by molar-refractivity contribution is 7.10. The van der Waals surface area contributed by atoms with Crippen LogP contribution in [0.3, 0.4) is 0 Å². The molecule has 0 radical (unpaired) electrons. The molecule has 2 aromatic rings. The summed E-state index contributed by atoms with van der Waals surface area (Å²) in [6.45, 7) is 4.15. The summed E-state index contributed by atoms with van der Waals surface area (Å²) in [5.41, 5.74) is 9.71. The lowest BCUT2D eigenvalue weighted by atomic mass is 10.1. The first-order valence-corrected chi connectivity index (χ1v) is 6.26. The lowest BCUT2D eigenvalue weighted by Crippen LogP contribution is -2.13. The Morgan fingerprint density at radius 2 is 2.12 bits per heavy atom. The molecule has 84 valence electrons. The first kappa shape index (κ1) is 11.3. The molecular formula is C13H16N2S. The van der Waals surface area contributed by atoms with Crippen LogP contribution in [0.15, 0.2) is 29.8 Å². The number of pyridine rings is 1. The summed E-state index contributed by atoms with van der Waals surface area (Å²) in [7, 11) is 0. The number of nitrogens with zero attached hydrogens (tertiary/aromatic N) is 1. The van der Waals surface area contributed by atoms with Crippen LogP contribution in [0.4, 0.5) is 0 Å². The summed E-state index contributed by atoms with van der Waals surface area (Å²) in [5.74, 6) is 0. The van der Waals surface area contributed by atoms with Gasteiger partial charge in [-0.05, 0) is 42.5 Å². The van der Waals surface area contributed by atoms with E-state index in [1.165, 1.54) is 16.0 Å². The van der Waals surface area contributed by atoms with E-state index in [9.17, 15) is 0 Å². The Kier molecular flexibility index (Phi) is 3.36. The number of thiophene rings is 1. The third-order valence-corrected chi connectivity index (χ3v) is 3.79. The number of hydrogen-bond donors (Lipinski definition) is 1. The molecule has 0 aliphatic rings. The van der Waals surface area contributed by atoms with Crippen molar-refractivity contribution < 1.29 is 0 Å². The average Bonchev–Trinajstić information content (AvgIpc) is 2.68. The van der Waals surface area contributed by atoms with Crippen LogP contribution in [-0.2, 0) is 6.42 Å². The van der Waals surface area contributed by atoms with E-state index in [4.69, 9.17) is 5.73 Å². The lowest BCUT2D eigenvalue weighted by Gasteiger charge is -2.10. The Morgan fingerprint density at radius 3 is 2.69 bits per heavy atom. The van der Waals surface area contributed by atoms with Gasteiger partial charge in [0.2, 0.25) is 0 Å². The van der Waals surface area contributed by atoms with E-state index in [1.807, 2.05) is 13.1 Å². The Bertz CT molecular complexity index is 459. The van der Waals surface area contributed by atoms with Gasteiger partial charge in [-0.3, -0.25) is 4.98 Å². The van der Waals surface area contributed by atoms with Crippen LogP contribution in [-0.4, -0.2) is 4.98 Å². The van der Waals surface area contributed by atoms with Gasteiger partial charge in [-0.2, -0.15) is 0 Å². The maximum absolute atomic E-state index is 6.18.